The average Bonchev–Trinajstić information content (AvgIpc) is 2.87. The summed E-state index contributed by atoms with van der Waals surface area (Å²) in [5.74, 6) is 1.17. The van der Waals surface area contributed by atoms with Crippen molar-refractivity contribution in [3.05, 3.63) is 0 Å². The molecule has 3 heteroatoms. The lowest BCUT2D eigenvalue weighted by atomic mass is 9.95. The maximum absolute atomic E-state index is 11.9. The van der Waals surface area contributed by atoms with E-state index in [1.807, 2.05) is 0 Å². The Morgan fingerprint density at radius 1 is 1.25 bits per heavy atom. The van der Waals surface area contributed by atoms with Gasteiger partial charge < -0.3 is 4.74 Å². The number of Topliss-reactive ketones (excluding diaryl/α,β-unsaturated/α-hetero) is 2. The summed E-state index contributed by atoms with van der Waals surface area (Å²) in [5, 5.41) is 0. The van der Waals surface area contributed by atoms with Crippen molar-refractivity contribution in [1.29, 1.82) is 0 Å². The summed E-state index contributed by atoms with van der Waals surface area (Å²) < 4.78 is 5.38. The Balaban J connectivity index is 1.78. The molecule has 0 N–H and O–H groups in total. The van der Waals surface area contributed by atoms with Gasteiger partial charge in [-0.2, -0.15) is 0 Å². The molecule has 3 atom stereocenters. The maximum atomic E-state index is 11.9. The standard InChI is InChI=1S/C13H20O3/c1-9(14)11-5-4-10(7-11)8-12(15)13-3-2-6-16-13/h10-11,13H,2-8H2,1H3. The van der Waals surface area contributed by atoms with E-state index in [0.29, 0.717) is 12.3 Å². The maximum Gasteiger partial charge on any atom is 0.161 e. The van der Waals surface area contributed by atoms with Crippen molar-refractivity contribution in [2.75, 3.05) is 6.61 Å². The zero-order valence-electron chi connectivity index (χ0n) is 9.91. The van der Waals surface area contributed by atoms with Crippen molar-refractivity contribution in [3.8, 4) is 0 Å². The third kappa shape index (κ3) is 2.70. The number of ether oxygens (including phenoxy) is 1. The Hall–Kier alpha value is -0.700. The van der Waals surface area contributed by atoms with Gasteiger partial charge in [0.05, 0.1) is 0 Å². The SMILES string of the molecule is CC(=O)C1CCC(CC(=O)C2CCCO2)C1. The molecule has 16 heavy (non-hydrogen) atoms. The molecule has 3 unspecified atom stereocenters. The molecular weight excluding hydrogens is 204 g/mol. The van der Waals surface area contributed by atoms with Crippen molar-refractivity contribution in [1.82, 2.24) is 0 Å². The second-order valence-corrected chi connectivity index (χ2v) is 5.16. The van der Waals surface area contributed by atoms with E-state index in [4.69, 9.17) is 4.74 Å². The molecule has 2 aliphatic rings. The van der Waals surface area contributed by atoms with E-state index >= 15 is 0 Å². The monoisotopic (exact) mass is 224 g/mol. The largest absolute Gasteiger partial charge is 0.370 e. The second kappa shape index (κ2) is 5.09. The fraction of sp³-hybridized carbons (Fsp3) is 0.846. The van der Waals surface area contributed by atoms with Gasteiger partial charge in [-0.15, -0.1) is 0 Å². The molecule has 2 rings (SSSR count). The highest BCUT2D eigenvalue weighted by Crippen LogP contribution is 2.34. The number of hydrogen-bond donors (Lipinski definition) is 0. The molecule has 3 nitrogen and oxygen atoms in total. The third-order valence-electron chi connectivity index (χ3n) is 3.89. The van der Waals surface area contributed by atoms with Crippen LogP contribution in [0.1, 0.15) is 45.4 Å². The lowest BCUT2D eigenvalue weighted by Crippen LogP contribution is -2.21. The normalized spacial score (nSPS) is 34.2. The molecule has 0 aromatic rings. The second-order valence-electron chi connectivity index (χ2n) is 5.16. The van der Waals surface area contributed by atoms with E-state index in [-0.39, 0.29) is 23.6 Å². The van der Waals surface area contributed by atoms with Gasteiger partial charge in [0.25, 0.3) is 0 Å². The Bertz CT molecular complexity index is 279. The number of carbonyl (C=O) groups is 2. The van der Waals surface area contributed by atoms with Crippen molar-refractivity contribution in [2.45, 2.75) is 51.6 Å². The van der Waals surface area contributed by atoms with Gasteiger partial charge in [0, 0.05) is 18.9 Å². The zero-order chi connectivity index (χ0) is 11.5. The first kappa shape index (κ1) is 11.8. The number of rotatable bonds is 4. The van der Waals surface area contributed by atoms with Crippen LogP contribution < -0.4 is 0 Å². The fourth-order valence-corrected chi connectivity index (χ4v) is 2.88. The molecule has 0 radical (unpaired) electrons. The number of hydrogen-bond acceptors (Lipinski definition) is 3. The summed E-state index contributed by atoms with van der Waals surface area (Å²) in [4.78, 5) is 23.1. The van der Waals surface area contributed by atoms with Crippen LogP contribution in [0, 0.1) is 11.8 Å². The molecule has 1 saturated heterocycles. The predicted molar refractivity (Wildman–Crippen MR) is 60.1 cm³/mol. The molecule has 2 fully saturated rings. The zero-order valence-corrected chi connectivity index (χ0v) is 9.91. The summed E-state index contributed by atoms with van der Waals surface area (Å²) >= 11 is 0. The highest BCUT2D eigenvalue weighted by Gasteiger charge is 2.32. The molecule has 1 aliphatic carbocycles. The molecular formula is C13H20O3. The predicted octanol–water partition coefficient (Wildman–Crippen LogP) is 2.13. The summed E-state index contributed by atoms with van der Waals surface area (Å²) in [6.45, 7) is 2.39. The van der Waals surface area contributed by atoms with E-state index in [0.717, 1.165) is 38.7 Å². The Morgan fingerprint density at radius 2 is 2.06 bits per heavy atom. The molecule has 0 aromatic heterocycles. The lowest BCUT2D eigenvalue weighted by molar-refractivity contribution is -0.129. The molecule has 0 amide bonds. The Labute approximate surface area is 96.5 Å². The van der Waals surface area contributed by atoms with Gasteiger partial charge in [0.1, 0.15) is 11.9 Å². The van der Waals surface area contributed by atoms with Crippen LogP contribution in [0.25, 0.3) is 0 Å². The summed E-state index contributed by atoms with van der Waals surface area (Å²) in [6.07, 6.45) is 5.29. The topological polar surface area (TPSA) is 43.4 Å². The minimum atomic E-state index is -0.142. The first-order valence-corrected chi connectivity index (χ1v) is 6.31. The van der Waals surface area contributed by atoms with Gasteiger partial charge in [-0.05, 0) is 44.9 Å². The van der Waals surface area contributed by atoms with Crippen LogP contribution in [0.4, 0.5) is 0 Å². The van der Waals surface area contributed by atoms with E-state index in [9.17, 15) is 9.59 Å². The van der Waals surface area contributed by atoms with Crippen LogP contribution in [0.5, 0.6) is 0 Å². The van der Waals surface area contributed by atoms with Crippen LogP contribution in [-0.4, -0.2) is 24.3 Å². The molecule has 0 aromatic carbocycles. The Morgan fingerprint density at radius 3 is 2.62 bits per heavy atom. The van der Waals surface area contributed by atoms with Crippen molar-refractivity contribution < 1.29 is 14.3 Å². The minimum absolute atomic E-state index is 0.142. The van der Waals surface area contributed by atoms with Gasteiger partial charge in [-0.25, -0.2) is 0 Å². The number of ketones is 2. The molecule has 0 bridgehead atoms. The van der Waals surface area contributed by atoms with Crippen LogP contribution in [-0.2, 0) is 14.3 Å². The number of carbonyl (C=O) groups excluding carboxylic acids is 2. The molecule has 1 heterocycles. The van der Waals surface area contributed by atoms with Gasteiger partial charge in [0.2, 0.25) is 0 Å². The molecule has 0 spiro atoms. The summed E-state index contributed by atoms with van der Waals surface area (Å²) in [5.41, 5.74) is 0. The highest BCUT2D eigenvalue weighted by atomic mass is 16.5. The molecule has 90 valence electrons. The van der Waals surface area contributed by atoms with Crippen molar-refractivity contribution in [2.24, 2.45) is 11.8 Å². The van der Waals surface area contributed by atoms with Gasteiger partial charge in [0.15, 0.2) is 5.78 Å². The van der Waals surface area contributed by atoms with Crippen LogP contribution in [0.2, 0.25) is 0 Å². The third-order valence-corrected chi connectivity index (χ3v) is 3.89. The van der Waals surface area contributed by atoms with Gasteiger partial charge in [-0.1, -0.05) is 0 Å². The van der Waals surface area contributed by atoms with Crippen LogP contribution >= 0.6 is 0 Å². The van der Waals surface area contributed by atoms with Crippen LogP contribution in [0.3, 0.4) is 0 Å². The minimum Gasteiger partial charge on any atom is -0.370 e. The lowest BCUT2D eigenvalue weighted by Gasteiger charge is -2.12. The highest BCUT2D eigenvalue weighted by molar-refractivity contribution is 5.84. The van der Waals surface area contributed by atoms with E-state index in [1.165, 1.54) is 0 Å². The average molecular weight is 224 g/mol. The van der Waals surface area contributed by atoms with Gasteiger partial charge in [-0.3, -0.25) is 9.59 Å². The fourth-order valence-electron chi connectivity index (χ4n) is 2.88. The smallest absolute Gasteiger partial charge is 0.161 e. The first-order chi connectivity index (χ1) is 7.66. The molecule has 1 saturated carbocycles. The van der Waals surface area contributed by atoms with Crippen molar-refractivity contribution in [3.63, 3.8) is 0 Å². The molecule has 1 aliphatic heterocycles. The Kier molecular flexibility index (Phi) is 3.74. The van der Waals surface area contributed by atoms with Crippen molar-refractivity contribution >= 4 is 11.6 Å². The summed E-state index contributed by atoms with van der Waals surface area (Å²) in [7, 11) is 0. The van der Waals surface area contributed by atoms with Crippen LogP contribution in [0.15, 0.2) is 0 Å². The quantitative estimate of drug-likeness (QED) is 0.734. The van der Waals surface area contributed by atoms with E-state index in [1.54, 1.807) is 6.92 Å². The van der Waals surface area contributed by atoms with E-state index in [2.05, 4.69) is 0 Å². The summed E-state index contributed by atoms with van der Waals surface area (Å²) in [6, 6.07) is 0. The van der Waals surface area contributed by atoms with Gasteiger partial charge >= 0.3 is 0 Å². The first-order valence-electron chi connectivity index (χ1n) is 6.31. The van der Waals surface area contributed by atoms with E-state index < -0.39 is 0 Å².